The summed E-state index contributed by atoms with van der Waals surface area (Å²) < 4.78 is 5.14. The summed E-state index contributed by atoms with van der Waals surface area (Å²) in [4.78, 5) is 12.2. The molecule has 0 unspecified atom stereocenters. The molecule has 0 saturated heterocycles. The van der Waals surface area contributed by atoms with Crippen molar-refractivity contribution in [2.45, 2.75) is 38.6 Å². The topological polar surface area (TPSA) is 38.3 Å². The molecule has 0 aromatic heterocycles. The molecule has 1 aromatic carbocycles. The third kappa shape index (κ3) is 3.03. The van der Waals surface area contributed by atoms with Crippen molar-refractivity contribution in [3.8, 4) is 5.75 Å². The van der Waals surface area contributed by atoms with Crippen LogP contribution in [0.15, 0.2) is 24.3 Å². The predicted octanol–water partition coefficient (Wildman–Crippen LogP) is 3.00. The summed E-state index contributed by atoms with van der Waals surface area (Å²) in [6.07, 6.45) is 4.81. The van der Waals surface area contributed by atoms with Crippen molar-refractivity contribution in [1.29, 1.82) is 0 Å². The van der Waals surface area contributed by atoms with Gasteiger partial charge in [0.2, 0.25) is 0 Å². The maximum Gasteiger partial charge on any atom is 0.251 e. The summed E-state index contributed by atoms with van der Waals surface area (Å²) in [6.45, 7) is 2.22. The van der Waals surface area contributed by atoms with E-state index in [1.54, 1.807) is 13.2 Å². The molecule has 3 heteroatoms. The van der Waals surface area contributed by atoms with E-state index in [4.69, 9.17) is 4.74 Å². The lowest BCUT2D eigenvalue weighted by Crippen LogP contribution is -2.41. The molecule has 0 radical (unpaired) electrons. The van der Waals surface area contributed by atoms with Crippen LogP contribution in [-0.4, -0.2) is 19.1 Å². The van der Waals surface area contributed by atoms with Gasteiger partial charge in [0.1, 0.15) is 5.75 Å². The number of hydrogen-bond donors (Lipinski definition) is 1. The van der Waals surface area contributed by atoms with Crippen LogP contribution in [0.3, 0.4) is 0 Å². The van der Waals surface area contributed by atoms with Crippen LogP contribution in [0.5, 0.6) is 5.75 Å². The molecule has 1 fully saturated rings. The number of rotatable bonds is 3. The van der Waals surface area contributed by atoms with Gasteiger partial charge in [0.25, 0.3) is 5.91 Å². The molecule has 0 spiro atoms. The lowest BCUT2D eigenvalue weighted by Gasteiger charge is -2.29. The zero-order chi connectivity index (χ0) is 13.0. The van der Waals surface area contributed by atoms with E-state index in [0.717, 1.165) is 12.2 Å². The second kappa shape index (κ2) is 5.89. The zero-order valence-electron chi connectivity index (χ0n) is 11.1. The Bertz CT molecular complexity index is 417. The van der Waals surface area contributed by atoms with Crippen molar-refractivity contribution in [2.24, 2.45) is 5.92 Å². The minimum absolute atomic E-state index is 0.00708. The van der Waals surface area contributed by atoms with E-state index in [-0.39, 0.29) is 5.91 Å². The monoisotopic (exact) mass is 247 g/mol. The lowest BCUT2D eigenvalue weighted by molar-refractivity contribution is 0.0910. The Labute approximate surface area is 109 Å². The molecular weight excluding hydrogens is 226 g/mol. The third-order valence-corrected chi connectivity index (χ3v) is 3.76. The van der Waals surface area contributed by atoms with Crippen LogP contribution >= 0.6 is 0 Å². The van der Waals surface area contributed by atoms with E-state index >= 15 is 0 Å². The van der Waals surface area contributed by atoms with Crippen LogP contribution in [0.2, 0.25) is 0 Å². The highest BCUT2D eigenvalue weighted by Gasteiger charge is 2.23. The first-order chi connectivity index (χ1) is 8.70. The average Bonchev–Trinajstić information content (AvgIpc) is 2.41. The molecule has 0 bridgehead atoms. The van der Waals surface area contributed by atoms with E-state index in [2.05, 4.69) is 12.2 Å². The normalized spacial score (nSPS) is 23.4. The Balaban J connectivity index is 2.02. The van der Waals surface area contributed by atoms with E-state index in [0.29, 0.717) is 17.5 Å². The predicted molar refractivity (Wildman–Crippen MR) is 71.9 cm³/mol. The van der Waals surface area contributed by atoms with Gasteiger partial charge in [-0.05, 0) is 37.0 Å². The van der Waals surface area contributed by atoms with Gasteiger partial charge < -0.3 is 10.1 Å². The fourth-order valence-electron chi connectivity index (χ4n) is 2.55. The van der Waals surface area contributed by atoms with Crippen molar-refractivity contribution in [1.82, 2.24) is 5.32 Å². The Hall–Kier alpha value is -1.51. The summed E-state index contributed by atoms with van der Waals surface area (Å²) in [5, 5.41) is 3.14. The summed E-state index contributed by atoms with van der Waals surface area (Å²) in [5.41, 5.74) is 0.673. The molecule has 1 N–H and O–H groups in total. The number of benzene rings is 1. The molecule has 0 heterocycles. The second-order valence-corrected chi connectivity index (χ2v) is 5.07. The van der Waals surface area contributed by atoms with Crippen molar-refractivity contribution in [3.63, 3.8) is 0 Å². The number of carbonyl (C=O) groups excluding carboxylic acids is 1. The van der Waals surface area contributed by atoms with E-state index in [9.17, 15) is 4.79 Å². The molecule has 18 heavy (non-hydrogen) atoms. The van der Waals surface area contributed by atoms with Crippen LogP contribution in [0.25, 0.3) is 0 Å². The maximum absolute atomic E-state index is 12.2. The van der Waals surface area contributed by atoms with Gasteiger partial charge in [0, 0.05) is 11.6 Å². The van der Waals surface area contributed by atoms with Gasteiger partial charge in [-0.15, -0.1) is 0 Å². The van der Waals surface area contributed by atoms with Crippen molar-refractivity contribution >= 4 is 5.91 Å². The summed E-state index contributed by atoms with van der Waals surface area (Å²) in [6, 6.07) is 7.61. The van der Waals surface area contributed by atoms with Gasteiger partial charge in [-0.3, -0.25) is 4.79 Å². The molecule has 2 rings (SSSR count). The minimum Gasteiger partial charge on any atom is -0.497 e. The van der Waals surface area contributed by atoms with Gasteiger partial charge >= 0.3 is 0 Å². The number of carbonyl (C=O) groups is 1. The van der Waals surface area contributed by atoms with Crippen LogP contribution in [0, 0.1) is 5.92 Å². The van der Waals surface area contributed by atoms with E-state index < -0.39 is 0 Å². The fourth-order valence-corrected chi connectivity index (χ4v) is 2.55. The van der Waals surface area contributed by atoms with E-state index in [1.165, 1.54) is 19.3 Å². The zero-order valence-corrected chi connectivity index (χ0v) is 11.1. The Morgan fingerprint density at radius 2 is 2.11 bits per heavy atom. The quantitative estimate of drug-likeness (QED) is 0.891. The molecule has 3 nitrogen and oxygen atoms in total. The van der Waals surface area contributed by atoms with E-state index in [1.807, 2.05) is 18.2 Å². The largest absolute Gasteiger partial charge is 0.497 e. The molecule has 98 valence electrons. The van der Waals surface area contributed by atoms with Crippen LogP contribution in [0.4, 0.5) is 0 Å². The van der Waals surface area contributed by atoms with Gasteiger partial charge in [-0.2, -0.15) is 0 Å². The number of hydrogen-bond acceptors (Lipinski definition) is 2. The molecule has 1 aliphatic carbocycles. The van der Waals surface area contributed by atoms with Gasteiger partial charge in [-0.25, -0.2) is 0 Å². The highest BCUT2D eigenvalue weighted by atomic mass is 16.5. The first-order valence-electron chi connectivity index (χ1n) is 6.65. The smallest absolute Gasteiger partial charge is 0.251 e. The highest BCUT2D eigenvalue weighted by Crippen LogP contribution is 2.24. The molecule has 2 atom stereocenters. The van der Waals surface area contributed by atoms with Crippen molar-refractivity contribution in [2.75, 3.05) is 7.11 Å². The van der Waals surface area contributed by atoms with Gasteiger partial charge in [-0.1, -0.05) is 25.8 Å². The first-order valence-corrected chi connectivity index (χ1v) is 6.65. The molecule has 1 saturated carbocycles. The summed E-state index contributed by atoms with van der Waals surface area (Å²) in [7, 11) is 1.61. The number of ether oxygens (including phenoxy) is 1. The van der Waals surface area contributed by atoms with Gasteiger partial charge in [0.05, 0.1) is 7.11 Å². The Morgan fingerprint density at radius 3 is 2.83 bits per heavy atom. The number of nitrogens with one attached hydrogen (secondary N) is 1. The second-order valence-electron chi connectivity index (χ2n) is 5.07. The first kappa shape index (κ1) is 12.9. The number of methoxy groups -OCH3 is 1. The minimum atomic E-state index is 0.00708. The van der Waals surface area contributed by atoms with Crippen LogP contribution < -0.4 is 10.1 Å². The SMILES string of the molecule is COc1cccc(C(=O)N[C@H]2CCCC[C@H]2C)c1. The molecule has 1 aliphatic rings. The van der Waals surface area contributed by atoms with Crippen molar-refractivity contribution < 1.29 is 9.53 Å². The molecular formula is C15H21NO2. The Morgan fingerprint density at radius 1 is 1.33 bits per heavy atom. The fraction of sp³-hybridized carbons (Fsp3) is 0.533. The third-order valence-electron chi connectivity index (χ3n) is 3.76. The molecule has 1 aromatic rings. The molecule has 1 amide bonds. The highest BCUT2D eigenvalue weighted by molar-refractivity contribution is 5.94. The standard InChI is InChI=1S/C15H21NO2/c1-11-6-3-4-9-14(11)16-15(17)12-7-5-8-13(10-12)18-2/h5,7-8,10-11,14H,3-4,6,9H2,1-2H3,(H,16,17)/t11-,14+/m1/s1. The summed E-state index contributed by atoms with van der Waals surface area (Å²) in [5.74, 6) is 1.31. The summed E-state index contributed by atoms with van der Waals surface area (Å²) >= 11 is 0. The lowest BCUT2D eigenvalue weighted by atomic mass is 9.86. The Kier molecular flexibility index (Phi) is 4.24. The van der Waals surface area contributed by atoms with Crippen LogP contribution in [-0.2, 0) is 0 Å². The maximum atomic E-state index is 12.2. The van der Waals surface area contributed by atoms with Gasteiger partial charge in [0.15, 0.2) is 0 Å². The number of amides is 1. The average molecular weight is 247 g/mol. The van der Waals surface area contributed by atoms with Crippen molar-refractivity contribution in [3.05, 3.63) is 29.8 Å². The molecule has 0 aliphatic heterocycles. The van der Waals surface area contributed by atoms with Crippen LogP contribution in [0.1, 0.15) is 43.0 Å².